The van der Waals surface area contributed by atoms with E-state index in [1.165, 1.54) is 0 Å². The number of rotatable bonds is 9. The van der Waals surface area contributed by atoms with E-state index in [0.717, 1.165) is 0 Å². The third-order valence-electron chi connectivity index (χ3n) is 3.78. The molecule has 0 aromatic heterocycles. The van der Waals surface area contributed by atoms with E-state index in [1.807, 2.05) is 0 Å². The van der Waals surface area contributed by atoms with Gasteiger partial charge in [0.1, 0.15) is 0 Å². The van der Waals surface area contributed by atoms with Crippen molar-refractivity contribution in [3.05, 3.63) is 0 Å². The molecule has 2 nitrogen and oxygen atoms in total. The lowest BCUT2D eigenvalue weighted by Gasteiger charge is -2.44. The van der Waals surface area contributed by atoms with Gasteiger partial charge in [-0.05, 0) is 0 Å². The summed E-state index contributed by atoms with van der Waals surface area (Å²) in [7, 11) is 0. The summed E-state index contributed by atoms with van der Waals surface area (Å²) in [5.41, 5.74) is 0. The molecule has 23 heteroatoms. The van der Waals surface area contributed by atoms with E-state index in [9.17, 15) is 97.0 Å². The molecule has 0 aromatic rings. The van der Waals surface area contributed by atoms with Crippen molar-refractivity contribution in [3.8, 4) is 0 Å². The van der Waals surface area contributed by atoms with E-state index in [4.69, 9.17) is 5.11 Å². The van der Waals surface area contributed by atoms with Gasteiger partial charge in [0.15, 0.2) is 0 Å². The van der Waals surface area contributed by atoms with Crippen molar-refractivity contribution < 1.29 is 102 Å². The SMILES string of the molecule is O=[13C](O)[13C](F)(F)[13C](F)(F)[13C](F)(F)[13C](F)(F)[13C](F)(F)[13C](F)(F)[13C](F)(F)[13C](F)(F)C(F)(F)C(F)(F)F. The monoisotopic (exact) mass is 573 g/mol. The Bertz CT molecular complexity index is 789. The fourth-order valence-electron chi connectivity index (χ4n) is 1.69. The van der Waals surface area contributed by atoms with Crippen LogP contribution in [-0.4, -0.2) is 70.6 Å². The van der Waals surface area contributed by atoms with Gasteiger partial charge in [-0.2, -0.15) is 92.2 Å². The molecule has 0 unspecified atom stereocenters. The van der Waals surface area contributed by atoms with E-state index in [1.54, 1.807) is 0 Å². The zero-order valence-corrected chi connectivity index (χ0v) is 14.3. The van der Waals surface area contributed by atoms with Gasteiger partial charge in [-0.25, -0.2) is 4.79 Å². The lowest BCUT2D eigenvalue weighted by atomic mass is 10.4. The number of alkyl halides is 21. The zero-order valence-electron chi connectivity index (χ0n) is 14.3. The number of halogens is 21. The molecule has 0 saturated heterocycles. The lowest BCUT2D eigenvalue weighted by Crippen LogP contribution is -2.77. The maximum Gasteiger partial charge on any atom is 0.460 e. The third-order valence-corrected chi connectivity index (χ3v) is 3.78. The van der Waals surface area contributed by atoms with Crippen LogP contribution in [0.15, 0.2) is 0 Å². The van der Waals surface area contributed by atoms with Crippen LogP contribution >= 0.6 is 0 Å². The fraction of sp³-hybridized carbons (Fsp3) is 0.909. The lowest BCUT2D eigenvalue weighted by molar-refractivity contribution is -0.473. The average Bonchev–Trinajstić information content (AvgIpc) is 2.58. The maximum absolute atomic E-state index is 13.3. The smallest absolute Gasteiger partial charge is 0.460 e. The van der Waals surface area contributed by atoms with Crippen LogP contribution in [0.3, 0.4) is 0 Å². The topological polar surface area (TPSA) is 37.3 Å². The van der Waals surface area contributed by atoms with Crippen LogP contribution < -0.4 is 0 Å². The first kappa shape index (κ1) is 32.0. The summed E-state index contributed by atoms with van der Waals surface area (Å²) in [6.07, 6.45) is -8.05. The first-order valence-electron chi connectivity index (χ1n) is 6.90. The zero-order chi connectivity index (χ0) is 28.6. The summed E-state index contributed by atoms with van der Waals surface area (Å²) in [4.78, 5) is 9.83. The van der Waals surface area contributed by atoms with Crippen molar-refractivity contribution in [3.63, 3.8) is 0 Å². The molecule has 0 fully saturated rings. The minimum absolute atomic E-state index is 4.55. The molecule has 0 aliphatic carbocycles. The molecule has 0 aliphatic rings. The number of hydrogen-bond donors (Lipinski definition) is 1. The summed E-state index contributed by atoms with van der Waals surface area (Å²) in [6, 6.07) is 0. The largest absolute Gasteiger partial charge is 0.477 e. The number of carboxylic acids is 1. The van der Waals surface area contributed by atoms with Gasteiger partial charge in [0, 0.05) is 0 Å². The van der Waals surface area contributed by atoms with Gasteiger partial charge in [-0.3, -0.25) is 0 Å². The predicted molar refractivity (Wildman–Crippen MR) is 58.2 cm³/mol. The molecule has 0 heterocycles. The first-order chi connectivity index (χ1) is 14.2. The Balaban J connectivity index is 7.11. The van der Waals surface area contributed by atoms with Crippen molar-refractivity contribution in [1.29, 1.82) is 0 Å². The van der Waals surface area contributed by atoms with Gasteiger partial charge in [-0.15, -0.1) is 0 Å². The van der Waals surface area contributed by atoms with E-state index >= 15 is 0 Å². The highest BCUT2D eigenvalue weighted by molar-refractivity contribution is 5.77. The highest BCUT2D eigenvalue weighted by atomic mass is 19.5. The molecule has 0 aliphatic heterocycles. The van der Waals surface area contributed by atoms with Crippen molar-refractivity contribution in [1.82, 2.24) is 0 Å². The van der Waals surface area contributed by atoms with Crippen LogP contribution in [0, 0.1) is 0 Å². The van der Waals surface area contributed by atoms with Crippen LogP contribution in [0.4, 0.5) is 92.2 Å². The molecule has 0 aromatic carbocycles. The van der Waals surface area contributed by atoms with Crippen LogP contribution in [0.2, 0.25) is 0 Å². The second kappa shape index (κ2) is 7.50. The average molecular weight is 573 g/mol. The standard InChI is InChI=1S/C11HF21O2/c12-2(13,1(33)34)3(14,15)4(16,17)5(18,19)6(20,21)7(22,23)8(24,25)9(26,27)10(28,29)11(30,31)32/h(H,33,34)/i1+1,2+1,3+1,4+1,5+1,6+1,7+1,8+1,9+1. The van der Waals surface area contributed by atoms with Crippen LogP contribution in [0.1, 0.15) is 0 Å². The maximum atomic E-state index is 13.3. The van der Waals surface area contributed by atoms with E-state index in [0.29, 0.717) is 0 Å². The Kier molecular flexibility index (Phi) is 7.06. The van der Waals surface area contributed by atoms with Gasteiger partial charge in [0.05, 0.1) is 0 Å². The highest BCUT2D eigenvalue weighted by Crippen LogP contribution is 2.66. The summed E-state index contributed by atoms with van der Waals surface area (Å²) in [5, 5.41) is 7.62. The quantitative estimate of drug-likeness (QED) is 0.258. The molecule has 204 valence electrons. The molecule has 0 spiro atoms. The van der Waals surface area contributed by atoms with Gasteiger partial charge in [0.2, 0.25) is 0 Å². The predicted octanol–water partition coefficient (Wildman–Crippen LogP) is 6.35. The summed E-state index contributed by atoms with van der Waals surface area (Å²) in [5.74, 6) is -83.8. The molecule has 0 amide bonds. The van der Waals surface area contributed by atoms with E-state index in [-0.39, 0.29) is 0 Å². The molecule has 0 bridgehead atoms. The second-order valence-electron chi connectivity index (χ2n) is 5.97. The number of aliphatic carboxylic acids is 1. The normalized spacial score (nSPS) is 16.6. The van der Waals surface area contributed by atoms with Crippen LogP contribution in [0.25, 0.3) is 0 Å². The minimum Gasteiger partial charge on any atom is -0.477 e. The highest BCUT2D eigenvalue weighted by Gasteiger charge is 2.98. The minimum atomic E-state index is -9.28. The first-order valence-corrected chi connectivity index (χ1v) is 6.90. The van der Waals surface area contributed by atoms with Crippen molar-refractivity contribution in [2.24, 2.45) is 0 Å². The number of carboxylic acid groups (broad SMARTS) is 1. The number of hydrogen-bond acceptors (Lipinski definition) is 1. The van der Waals surface area contributed by atoms with Crippen LogP contribution in [0.5, 0.6) is 0 Å². The summed E-state index contributed by atoms with van der Waals surface area (Å²) < 4.78 is 270. The molecule has 1 N–H and O–H groups in total. The summed E-state index contributed by atoms with van der Waals surface area (Å²) in [6.45, 7) is 0. The van der Waals surface area contributed by atoms with Gasteiger partial charge >= 0.3 is 65.4 Å². The van der Waals surface area contributed by atoms with Gasteiger partial charge in [0.25, 0.3) is 0 Å². The molecule has 0 saturated carbocycles. The summed E-state index contributed by atoms with van der Waals surface area (Å²) >= 11 is 0. The van der Waals surface area contributed by atoms with Gasteiger partial charge in [-0.1, -0.05) is 0 Å². The Morgan fingerprint density at radius 2 is 0.529 bits per heavy atom. The van der Waals surface area contributed by atoms with Crippen LogP contribution in [-0.2, 0) is 4.79 Å². The Labute approximate surface area is 169 Å². The molecular weight excluding hydrogens is 572 g/mol. The van der Waals surface area contributed by atoms with Crippen molar-refractivity contribution in [2.75, 3.05) is 0 Å². The Morgan fingerprint density at radius 1 is 0.353 bits per heavy atom. The Hall–Kier alpha value is -2.00. The van der Waals surface area contributed by atoms with Crippen molar-refractivity contribution in [2.45, 2.75) is 59.5 Å². The molecule has 34 heavy (non-hydrogen) atoms. The molecular formula is C11HF21O2. The Morgan fingerprint density at radius 3 is 0.706 bits per heavy atom. The van der Waals surface area contributed by atoms with E-state index < -0.39 is 65.4 Å². The van der Waals surface area contributed by atoms with E-state index in [2.05, 4.69) is 0 Å². The fourth-order valence-corrected chi connectivity index (χ4v) is 1.69. The molecule has 0 rings (SSSR count). The van der Waals surface area contributed by atoms with Gasteiger partial charge < -0.3 is 5.11 Å². The number of carbonyl (C=O) groups is 1. The van der Waals surface area contributed by atoms with Crippen molar-refractivity contribution >= 4 is 5.97 Å². The molecule has 0 atom stereocenters. The third kappa shape index (κ3) is 3.49. The second-order valence-corrected chi connectivity index (χ2v) is 5.97. The molecule has 0 radical (unpaired) electrons.